The van der Waals surface area contributed by atoms with Crippen LogP contribution >= 0.6 is 11.8 Å². The van der Waals surface area contributed by atoms with E-state index in [-0.39, 0.29) is 5.82 Å². The van der Waals surface area contributed by atoms with Crippen LogP contribution in [0.4, 0.5) is 14.9 Å². The zero-order chi connectivity index (χ0) is 10.6. The maximum Gasteiger partial charge on any atom is 0.336 e. The predicted molar refractivity (Wildman–Crippen MR) is 53.8 cm³/mol. The van der Waals surface area contributed by atoms with Gasteiger partial charge >= 0.3 is 6.03 Å². The van der Waals surface area contributed by atoms with E-state index in [2.05, 4.69) is 0 Å². The molecule has 0 radical (unpaired) electrons. The van der Waals surface area contributed by atoms with Crippen molar-refractivity contribution in [2.45, 2.75) is 6.92 Å². The Morgan fingerprint density at radius 3 is 2.50 bits per heavy atom. The van der Waals surface area contributed by atoms with E-state index in [1.807, 2.05) is 4.84 Å². The molecule has 0 aromatic heterocycles. The number of benzene rings is 1. The van der Waals surface area contributed by atoms with E-state index < -0.39 is 6.03 Å². The van der Waals surface area contributed by atoms with Crippen LogP contribution in [0.2, 0.25) is 0 Å². The molecule has 0 atom stereocenters. The predicted octanol–water partition coefficient (Wildman–Crippen LogP) is 2.52. The summed E-state index contributed by atoms with van der Waals surface area (Å²) in [5.41, 5.74) is 0.604. The number of rotatable bonds is 2. The van der Waals surface area contributed by atoms with Crippen molar-refractivity contribution in [3.8, 4) is 0 Å². The summed E-state index contributed by atoms with van der Waals surface area (Å²) >= 11 is 5.19. The van der Waals surface area contributed by atoms with Crippen LogP contribution in [0.25, 0.3) is 0 Å². The van der Waals surface area contributed by atoms with Crippen molar-refractivity contribution < 1.29 is 9.18 Å². The molecule has 0 spiro atoms. The smallest absolute Gasteiger partial charge is 0.294 e. The monoisotopic (exact) mass is 216 g/mol. The third kappa shape index (κ3) is 2.35. The Hall–Kier alpha value is -1.29. The quantitative estimate of drug-likeness (QED) is 0.757. The summed E-state index contributed by atoms with van der Waals surface area (Å²) in [6, 6.07) is 5.19. The number of carbonyl (C=O) groups excluding carboxylic acids is 1. The van der Waals surface area contributed by atoms with Crippen LogP contribution in [0.1, 0.15) is 6.92 Å². The molecule has 76 valence electrons. The standard InChI is InChI=1S/C9H10ClFN2O/c1-2-13(9(14)12-10)8-5-3-7(11)4-6-8/h3-6H,2H2,1H3,(H,12,14). The highest BCUT2D eigenvalue weighted by Crippen LogP contribution is 2.14. The summed E-state index contributed by atoms with van der Waals surface area (Å²) < 4.78 is 12.6. The first-order chi connectivity index (χ1) is 6.69. The van der Waals surface area contributed by atoms with Gasteiger partial charge in [-0.25, -0.2) is 14.0 Å². The molecule has 0 aliphatic heterocycles. The molecule has 14 heavy (non-hydrogen) atoms. The highest BCUT2D eigenvalue weighted by molar-refractivity contribution is 6.23. The Morgan fingerprint density at radius 1 is 1.50 bits per heavy atom. The number of amides is 2. The molecule has 1 N–H and O–H groups in total. The molecular weight excluding hydrogens is 207 g/mol. The van der Waals surface area contributed by atoms with E-state index >= 15 is 0 Å². The number of urea groups is 1. The van der Waals surface area contributed by atoms with Crippen molar-refractivity contribution in [2.24, 2.45) is 0 Å². The van der Waals surface area contributed by atoms with E-state index in [4.69, 9.17) is 11.8 Å². The lowest BCUT2D eigenvalue weighted by Gasteiger charge is -2.19. The van der Waals surface area contributed by atoms with Crippen LogP contribution in [0.3, 0.4) is 0 Å². The second-order valence-corrected chi connectivity index (χ2v) is 2.81. The van der Waals surface area contributed by atoms with Crippen molar-refractivity contribution in [1.82, 2.24) is 4.84 Å². The van der Waals surface area contributed by atoms with Gasteiger partial charge in [-0.2, -0.15) is 0 Å². The van der Waals surface area contributed by atoms with Crippen LogP contribution < -0.4 is 9.74 Å². The van der Waals surface area contributed by atoms with Gasteiger partial charge in [-0.05, 0) is 31.2 Å². The van der Waals surface area contributed by atoms with E-state index in [0.29, 0.717) is 12.2 Å². The molecule has 0 saturated carbocycles. The molecular formula is C9H10ClFN2O. The van der Waals surface area contributed by atoms with E-state index in [1.54, 1.807) is 6.92 Å². The third-order valence-corrected chi connectivity index (χ3v) is 1.94. The number of halogens is 2. The fourth-order valence-corrected chi connectivity index (χ4v) is 1.22. The van der Waals surface area contributed by atoms with Crippen molar-refractivity contribution in [3.63, 3.8) is 0 Å². The van der Waals surface area contributed by atoms with Gasteiger partial charge in [0.2, 0.25) is 0 Å². The molecule has 2 amide bonds. The van der Waals surface area contributed by atoms with Crippen LogP contribution in [-0.4, -0.2) is 12.6 Å². The first-order valence-electron chi connectivity index (χ1n) is 4.12. The molecule has 1 rings (SSSR count). The van der Waals surface area contributed by atoms with Crippen molar-refractivity contribution in [3.05, 3.63) is 30.1 Å². The molecule has 0 fully saturated rings. The van der Waals surface area contributed by atoms with Gasteiger partial charge in [-0.3, -0.25) is 4.90 Å². The molecule has 5 heteroatoms. The van der Waals surface area contributed by atoms with E-state index in [0.717, 1.165) is 0 Å². The number of hydrogen-bond donors (Lipinski definition) is 1. The normalized spacial score (nSPS) is 9.64. The highest BCUT2D eigenvalue weighted by Gasteiger charge is 2.11. The van der Waals surface area contributed by atoms with E-state index in [9.17, 15) is 9.18 Å². The molecule has 0 bridgehead atoms. The fourth-order valence-electron chi connectivity index (χ4n) is 1.12. The lowest BCUT2D eigenvalue weighted by molar-refractivity contribution is 0.251. The molecule has 0 saturated heterocycles. The zero-order valence-electron chi connectivity index (χ0n) is 7.63. The van der Waals surface area contributed by atoms with Crippen LogP contribution in [0, 0.1) is 5.82 Å². The number of nitrogens with zero attached hydrogens (tertiary/aromatic N) is 1. The van der Waals surface area contributed by atoms with Crippen LogP contribution in [0.15, 0.2) is 24.3 Å². The van der Waals surface area contributed by atoms with Gasteiger partial charge in [0, 0.05) is 24.0 Å². The topological polar surface area (TPSA) is 32.3 Å². The number of hydrogen-bond acceptors (Lipinski definition) is 1. The lowest BCUT2D eigenvalue weighted by Crippen LogP contribution is -2.35. The second kappa shape index (κ2) is 4.81. The Kier molecular flexibility index (Phi) is 3.71. The van der Waals surface area contributed by atoms with Gasteiger partial charge in [0.15, 0.2) is 0 Å². The molecule has 3 nitrogen and oxygen atoms in total. The summed E-state index contributed by atoms with van der Waals surface area (Å²) in [5, 5.41) is 0. The third-order valence-electron chi connectivity index (χ3n) is 1.78. The fraction of sp³-hybridized carbons (Fsp3) is 0.222. The van der Waals surface area contributed by atoms with Crippen molar-refractivity contribution >= 4 is 23.5 Å². The lowest BCUT2D eigenvalue weighted by atomic mass is 10.3. The summed E-state index contributed by atoms with van der Waals surface area (Å²) in [6.07, 6.45) is 0. The summed E-state index contributed by atoms with van der Waals surface area (Å²) in [7, 11) is 0. The first-order valence-corrected chi connectivity index (χ1v) is 4.50. The largest absolute Gasteiger partial charge is 0.336 e. The Bertz CT molecular complexity index is 315. The Labute approximate surface area is 86.6 Å². The second-order valence-electron chi connectivity index (χ2n) is 2.62. The zero-order valence-corrected chi connectivity index (χ0v) is 8.38. The van der Waals surface area contributed by atoms with Gasteiger partial charge in [-0.1, -0.05) is 0 Å². The molecule has 0 aliphatic carbocycles. The first kappa shape index (κ1) is 10.8. The van der Waals surface area contributed by atoms with Crippen molar-refractivity contribution in [2.75, 3.05) is 11.4 Å². The average Bonchev–Trinajstić information content (AvgIpc) is 2.21. The summed E-state index contributed by atoms with van der Waals surface area (Å²) in [6.45, 7) is 2.26. The van der Waals surface area contributed by atoms with Gasteiger partial charge in [0.05, 0.1) is 0 Å². The van der Waals surface area contributed by atoms with Gasteiger partial charge in [0.1, 0.15) is 5.82 Å². The minimum Gasteiger partial charge on any atom is -0.294 e. The van der Waals surface area contributed by atoms with Crippen LogP contribution in [0.5, 0.6) is 0 Å². The Morgan fingerprint density at radius 2 is 2.07 bits per heavy atom. The minimum atomic E-state index is -0.430. The molecule has 1 aromatic rings. The summed E-state index contributed by atoms with van der Waals surface area (Å²) in [4.78, 5) is 14.6. The molecule has 0 heterocycles. The number of anilines is 1. The van der Waals surface area contributed by atoms with E-state index in [1.165, 1.54) is 29.2 Å². The summed E-state index contributed by atoms with van der Waals surface area (Å²) in [5.74, 6) is -0.337. The SMILES string of the molecule is CCN(C(=O)NCl)c1ccc(F)cc1. The van der Waals surface area contributed by atoms with Gasteiger partial charge < -0.3 is 0 Å². The number of carbonyl (C=O) groups is 1. The van der Waals surface area contributed by atoms with Crippen LogP contribution in [-0.2, 0) is 0 Å². The van der Waals surface area contributed by atoms with Gasteiger partial charge in [-0.15, -0.1) is 0 Å². The molecule has 0 unspecified atom stereocenters. The number of nitrogens with one attached hydrogen (secondary N) is 1. The molecule has 0 aliphatic rings. The van der Waals surface area contributed by atoms with Gasteiger partial charge in [0.25, 0.3) is 0 Å². The maximum absolute atomic E-state index is 12.6. The maximum atomic E-state index is 12.6. The highest BCUT2D eigenvalue weighted by atomic mass is 35.5. The van der Waals surface area contributed by atoms with Crippen molar-refractivity contribution in [1.29, 1.82) is 0 Å². The molecule has 1 aromatic carbocycles. The average molecular weight is 217 g/mol. The minimum absolute atomic E-state index is 0.337. The Balaban J connectivity index is 2.89.